The molecule has 1 aliphatic carbocycles. The smallest absolute Gasteiger partial charge is 0.0915 e. The van der Waals surface area contributed by atoms with Gasteiger partial charge in [-0.2, -0.15) is 8.75 Å². The molecule has 0 aliphatic heterocycles. The molecule has 3 nitrogen and oxygen atoms in total. The summed E-state index contributed by atoms with van der Waals surface area (Å²) in [7, 11) is 0. The molecule has 106 valence electrons. The van der Waals surface area contributed by atoms with Crippen LogP contribution < -0.4 is 5.32 Å². The van der Waals surface area contributed by atoms with Crippen LogP contribution in [0.5, 0.6) is 0 Å². The Kier molecular flexibility index (Phi) is 4.43. The number of hydrogen-bond donors (Lipinski definition) is 1. The maximum atomic E-state index is 4.41. The van der Waals surface area contributed by atoms with Gasteiger partial charge in [-0.3, -0.25) is 0 Å². The van der Waals surface area contributed by atoms with Crippen molar-refractivity contribution in [2.45, 2.75) is 45.1 Å². The van der Waals surface area contributed by atoms with Gasteiger partial charge in [0.15, 0.2) is 0 Å². The van der Waals surface area contributed by atoms with Crippen LogP contribution in [-0.4, -0.2) is 15.3 Å². The second-order valence-corrected chi connectivity index (χ2v) is 6.06. The average molecular weight is 287 g/mol. The van der Waals surface area contributed by atoms with Crippen molar-refractivity contribution in [1.29, 1.82) is 0 Å². The van der Waals surface area contributed by atoms with Gasteiger partial charge in [0.25, 0.3) is 0 Å². The molecular formula is C16H21N3S. The normalized spacial score (nSPS) is 15.2. The summed E-state index contributed by atoms with van der Waals surface area (Å²) in [6.45, 7) is 3.21. The summed E-state index contributed by atoms with van der Waals surface area (Å²) in [6.07, 6.45) is 7.84. The van der Waals surface area contributed by atoms with Crippen molar-refractivity contribution >= 4 is 11.7 Å². The first-order chi connectivity index (χ1) is 9.86. The molecule has 0 fully saturated rings. The first-order valence-electron chi connectivity index (χ1n) is 7.48. The predicted octanol–water partition coefficient (Wildman–Crippen LogP) is 3.31. The van der Waals surface area contributed by atoms with Gasteiger partial charge in [-0.15, -0.1) is 0 Å². The summed E-state index contributed by atoms with van der Waals surface area (Å²) in [5.74, 6) is 0. The molecule has 1 N–H and O–H groups in total. The Morgan fingerprint density at radius 1 is 1.30 bits per heavy atom. The molecule has 0 radical (unpaired) electrons. The van der Waals surface area contributed by atoms with Crippen LogP contribution in [0.1, 0.15) is 48.2 Å². The summed E-state index contributed by atoms with van der Waals surface area (Å²) >= 11 is 1.29. The summed E-state index contributed by atoms with van der Waals surface area (Å²) in [5, 5.41) is 3.59. The highest BCUT2D eigenvalue weighted by molar-refractivity contribution is 6.99. The van der Waals surface area contributed by atoms with Gasteiger partial charge in [0.05, 0.1) is 29.7 Å². The minimum absolute atomic E-state index is 0.285. The fourth-order valence-electron chi connectivity index (χ4n) is 2.91. The van der Waals surface area contributed by atoms with Crippen LogP contribution in [0.4, 0.5) is 0 Å². The summed E-state index contributed by atoms with van der Waals surface area (Å²) < 4.78 is 8.55. The zero-order valence-electron chi connectivity index (χ0n) is 11.9. The molecule has 1 unspecified atom stereocenters. The second kappa shape index (κ2) is 6.46. The highest BCUT2D eigenvalue weighted by Gasteiger charge is 2.16. The van der Waals surface area contributed by atoms with Crippen LogP contribution in [0.3, 0.4) is 0 Å². The van der Waals surface area contributed by atoms with Crippen molar-refractivity contribution in [2.24, 2.45) is 0 Å². The summed E-state index contributed by atoms with van der Waals surface area (Å²) in [6, 6.07) is 7.27. The molecule has 0 saturated carbocycles. The number of fused-ring (bicyclic) bond motifs is 1. The number of hydrogen-bond acceptors (Lipinski definition) is 4. The van der Waals surface area contributed by atoms with E-state index in [0.29, 0.717) is 0 Å². The van der Waals surface area contributed by atoms with Gasteiger partial charge in [-0.25, -0.2) is 0 Å². The Balaban J connectivity index is 1.75. The lowest BCUT2D eigenvalue weighted by atomic mass is 9.99. The summed E-state index contributed by atoms with van der Waals surface area (Å²) in [5.41, 5.74) is 5.58. The van der Waals surface area contributed by atoms with Gasteiger partial charge in [0.2, 0.25) is 0 Å². The Hall–Kier alpha value is -1.26. The molecule has 1 aromatic heterocycles. The van der Waals surface area contributed by atoms with Crippen molar-refractivity contribution < 1.29 is 0 Å². The standard InChI is InChI=1S/C16H21N3S/c1-2-8-17-15(16-11-18-20-19-16)10-12-6-7-13-4-3-5-14(13)9-12/h6-7,9,11,15,17H,2-5,8,10H2,1H3. The van der Waals surface area contributed by atoms with E-state index in [9.17, 15) is 0 Å². The van der Waals surface area contributed by atoms with Crippen molar-refractivity contribution in [2.75, 3.05) is 6.54 Å². The maximum Gasteiger partial charge on any atom is 0.0915 e. The van der Waals surface area contributed by atoms with Gasteiger partial charge in [0, 0.05) is 0 Å². The third-order valence-corrected chi connectivity index (χ3v) is 4.47. The Morgan fingerprint density at radius 3 is 3.00 bits per heavy atom. The molecule has 1 atom stereocenters. The average Bonchev–Trinajstić information content (AvgIpc) is 3.13. The van der Waals surface area contributed by atoms with Crippen LogP contribution in [0, 0.1) is 0 Å². The van der Waals surface area contributed by atoms with E-state index in [1.54, 1.807) is 11.1 Å². The topological polar surface area (TPSA) is 37.8 Å². The zero-order chi connectivity index (χ0) is 13.8. The van der Waals surface area contributed by atoms with E-state index in [-0.39, 0.29) is 6.04 Å². The monoisotopic (exact) mass is 287 g/mol. The van der Waals surface area contributed by atoms with E-state index in [1.165, 1.54) is 36.6 Å². The molecule has 1 aliphatic rings. The number of rotatable bonds is 6. The third-order valence-electron chi connectivity index (χ3n) is 3.98. The van der Waals surface area contributed by atoms with Gasteiger partial charge in [-0.1, -0.05) is 25.1 Å². The molecule has 0 bridgehead atoms. The molecule has 0 spiro atoms. The van der Waals surface area contributed by atoms with E-state index in [4.69, 9.17) is 0 Å². The van der Waals surface area contributed by atoms with Crippen molar-refractivity contribution in [3.63, 3.8) is 0 Å². The van der Waals surface area contributed by atoms with Crippen LogP contribution in [-0.2, 0) is 19.3 Å². The van der Waals surface area contributed by atoms with Gasteiger partial charge < -0.3 is 5.32 Å². The van der Waals surface area contributed by atoms with Gasteiger partial charge >= 0.3 is 0 Å². The van der Waals surface area contributed by atoms with Gasteiger partial charge in [-0.05, 0) is 55.3 Å². The number of nitrogens with zero attached hydrogens (tertiary/aromatic N) is 2. The van der Waals surface area contributed by atoms with E-state index in [1.807, 2.05) is 6.20 Å². The van der Waals surface area contributed by atoms with Crippen molar-refractivity contribution in [3.05, 3.63) is 46.8 Å². The van der Waals surface area contributed by atoms with Gasteiger partial charge in [0.1, 0.15) is 0 Å². The Bertz CT molecular complexity index is 551. The second-order valence-electron chi connectivity index (χ2n) is 5.50. The molecule has 20 heavy (non-hydrogen) atoms. The van der Waals surface area contributed by atoms with Crippen LogP contribution in [0.15, 0.2) is 24.4 Å². The Labute approximate surface area is 124 Å². The molecule has 4 heteroatoms. The van der Waals surface area contributed by atoms with Crippen LogP contribution >= 0.6 is 11.7 Å². The van der Waals surface area contributed by atoms with Crippen molar-refractivity contribution in [3.8, 4) is 0 Å². The van der Waals surface area contributed by atoms with E-state index >= 15 is 0 Å². The quantitative estimate of drug-likeness (QED) is 0.885. The van der Waals surface area contributed by atoms with Crippen LogP contribution in [0.25, 0.3) is 0 Å². The van der Waals surface area contributed by atoms with E-state index < -0.39 is 0 Å². The molecule has 3 rings (SSSR count). The van der Waals surface area contributed by atoms with E-state index in [0.717, 1.165) is 25.1 Å². The molecular weight excluding hydrogens is 266 g/mol. The molecule has 1 heterocycles. The van der Waals surface area contributed by atoms with Crippen molar-refractivity contribution in [1.82, 2.24) is 14.1 Å². The zero-order valence-corrected chi connectivity index (χ0v) is 12.7. The third kappa shape index (κ3) is 3.07. The fraction of sp³-hybridized carbons (Fsp3) is 0.500. The minimum Gasteiger partial charge on any atom is -0.308 e. The number of nitrogens with one attached hydrogen (secondary N) is 1. The SMILES string of the molecule is CCCNC(Cc1ccc2c(c1)CCC2)c1cnsn1. The number of benzene rings is 1. The van der Waals surface area contributed by atoms with Crippen LogP contribution in [0.2, 0.25) is 0 Å². The lowest BCUT2D eigenvalue weighted by Crippen LogP contribution is -2.24. The molecule has 1 aromatic carbocycles. The maximum absolute atomic E-state index is 4.41. The highest BCUT2D eigenvalue weighted by atomic mass is 32.1. The molecule has 0 saturated heterocycles. The predicted molar refractivity (Wildman–Crippen MR) is 83.1 cm³/mol. The lowest BCUT2D eigenvalue weighted by Gasteiger charge is -2.16. The summed E-state index contributed by atoms with van der Waals surface area (Å²) in [4.78, 5) is 0. The fourth-order valence-corrected chi connectivity index (χ4v) is 3.38. The molecule has 0 amide bonds. The number of aromatic nitrogens is 2. The number of aryl methyl sites for hydroxylation is 2. The lowest BCUT2D eigenvalue weighted by molar-refractivity contribution is 0.521. The largest absolute Gasteiger partial charge is 0.308 e. The minimum atomic E-state index is 0.285. The first kappa shape index (κ1) is 13.7. The highest BCUT2D eigenvalue weighted by Crippen LogP contribution is 2.25. The molecule has 2 aromatic rings. The Morgan fingerprint density at radius 2 is 2.20 bits per heavy atom. The van der Waals surface area contributed by atoms with E-state index in [2.05, 4.69) is 39.2 Å². The first-order valence-corrected chi connectivity index (χ1v) is 8.21.